The van der Waals surface area contributed by atoms with Gasteiger partial charge in [-0.25, -0.2) is 0 Å². The van der Waals surface area contributed by atoms with Gasteiger partial charge in [0.05, 0.1) is 13.2 Å². The van der Waals surface area contributed by atoms with Crippen molar-refractivity contribution in [2.24, 2.45) is 5.41 Å². The molecule has 0 unspecified atom stereocenters. The van der Waals surface area contributed by atoms with Gasteiger partial charge in [0.25, 0.3) is 0 Å². The number of morpholine rings is 1. The molecule has 6 heteroatoms. The van der Waals surface area contributed by atoms with Crippen molar-refractivity contribution in [3.05, 3.63) is 0 Å². The minimum absolute atomic E-state index is 0.159. The lowest BCUT2D eigenvalue weighted by Gasteiger charge is -2.29. The molecule has 1 heterocycles. The van der Waals surface area contributed by atoms with E-state index >= 15 is 0 Å². The van der Waals surface area contributed by atoms with Gasteiger partial charge in [-0.15, -0.1) is 0 Å². The fourth-order valence-electron chi connectivity index (χ4n) is 3.09. The number of hydrogen-bond donors (Lipinski definition) is 2. The highest BCUT2D eigenvalue weighted by atomic mass is 16.5. The van der Waals surface area contributed by atoms with Crippen LogP contribution >= 0.6 is 0 Å². The Morgan fingerprint density at radius 3 is 2.39 bits per heavy atom. The van der Waals surface area contributed by atoms with E-state index < -0.39 is 5.41 Å². The molecule has 0 atom stereocenters. The molecule has 0 aromatic carbocycles. The molecule has 0 aromatic heterocycles. The number of ether oxygens (including phenoxy) is 1. The van der Waals surface area contributed by atoms with Crippen LogP contribution in [0.15, 0.2) is 0 Å². The largest absolute Gasteiger partial charge is 0.379 e. The van der Waals surface area contributed by atoms with Crippen molar-refractivity contribution >= 4 is 11.8 Å². The van der Waals surface area contributed by atoms with Gasteiger partial charge in [0, 0.05) is 32.2 Å². The molecule has 2 N–H and O–H groups in total. The first kappa shape index (κ1) is 18.2. The van der Waals surface area contributed by atoms with E-state index in [0.29, 0.717) is 6.54 Å². The third-order valence-electron chi connectivity index (χ3n) is 4.89. The number of hydrogen-bond acceptors (Lipinski definition) is 4. The van der Waals surface area contributed by atoms with E-state index in [2.05, 4.69) is 15.5 Å². The highest BCUT2D eigenvalue weighted by Crippen LogP contribution is 2.21. The Hall–Kier alpha value is -1.14. The van der Waals surface area contributed by atoms with Crippen LogP contribution in [0.5, 0.6) is 0 Å². The van der Waals surface area contributed by atoms with Crippen molar-refractivity contribution in [3.8, 4) is 0 Å². The summed E-state index contributed by atoms with van der Waals surface area (Å²) in [4.78, 5) is 27.1. The summed E-state index contributed by atoms with van der Waals surface area (Å²) in [6.45, 7) is 8.09. The van der Waals surface area contributed by atoms with Gasteiger partial charge in [-0.1, -0.05) is 19.3 Å². The normalized spacial score (nSPS) is 21.0. The van der Waals surface area contributed by atoms with E-state index in [1.54, 1.807) is 13.8 Å². The Labute approximate surface area is 139 Å². The number of nitrogens with zero attached hydrogens (tertiary/aromatic N) is 1. The van der Waals surface area contributed by atoms with Crippen molar-refractivity contribution in [2.45, 2.75) is 52.0 Å². The van der Waals surface area contributed by atoms with Gasteiger partial charge in [0.2, 0.25) is 11.8 Å². The van der Waals surface area contributed by atoms with Crippen molar-refractivity contribution in [3.63, 3.8) is 0 Å². The zero-order valence-electron chi connectivity index (χ0n) is 14.5. The topological polar surface area (TPSA) is 70.7 Å². The summed E-state index contributed by atoms with van der Waals surface area (Å²) in [7, 11) is 0. The third kappa shape index (κ3) is 5.46. The maximum Gasteiger partial charge on any atom is 0.235 e. The quantitative estimate of drug-likeness (QED) is 0.712. The summed E-state index contributed by atoms with van der Waals surface area (Å²) in [6.07, 6.45) is 5.63. The van der Waals surface area contributed by atoms with Gasteiger partial charge in [-0.3, -0.25) is 14.5 Å². The average molecular weight is 325 g/mol. The Balaban J connectivity index is 1.72. The summed E-state index contributed by atoms with van der Waals surface area (Å²) >= 11 is 0. The third-order valence-corrected chi connectivity index (χ3v) is 4.89. The Morgan fingerprint density at radius 1 is 1.09 bits per heavy atom. The van der Waals surface area contributed by atoms with Crippen LogP contribution in [0.25, 0.3) is 0 Å². The van der Waals surface area contributed by atoms with Crippen LogP contribution in [-0.2, 0) is 14.3 Å². The minimum Gasteiger partial charge on any atom is -0.379 e. The van der Waals surface area contributed by atoms with Gasteiger partial charge in [-0.2, -0.15) is 0 Å². The summed E-state index contributed by atoms with van der Waals surface area (Å²) in [5.41, 5.74) is -1.03. The second kappa shape index (κ2) is 8.64. The van der Waals surface area contributed by atoms with E-state index in [9.17, 15) is 9.59 Å². The highest BCUT2D eigenvalue weighted by molar-refractivity contribution is 6.04. The molecule has 2 amide bonds. The molecule has 1 aliphatic carbocycles. The first-order valence-electron chi connectivity index (χ1n) is 8.89. The first-order chi connectivity index (χ1) is 11.0. The molecule has 0 radical (unpaired) electrons. The maximum absolute atomic E-state index is 12.4. The number of carbonyl (C=O) groups excluding carboxylic acids is 2. The van der Waals surface area contributed by atoms with Crippen LogP contribution in [-0.4, -0.2) is 62.1 Å². The Kier molecular flexibility index (Phi) is 6.84. The molecule has 6 nitrogen and oxygen atoms in total. The molecule has 0 bridgehead atoms. The molecule has 1 saturated heterocycles. The second-order valence-corrected chi connectivity index (χ2v) is 7.14. The molecular formula is C17H31N3O3. The summed E-state index contributed by atoms with van der Waals surface area (Å²) in [6, 6.07) is 0.233. The van der Waals surface area contributed by atoms with E-state index in [-0.39, 0.29) is 17.9 Å². The fraction of sp³-hybridized carbons (Fsp3) is 0.882. The lowest BCUT2D eigenvalue weighted by Crippen LogP contribution is -2.52. The number of amides is 2. The van der Waals surface area contributed by atoms with Crippen LogP contribution in [0.1, 0.15) is 46.0 Å². The molecule has 2 rings (SSSR count). The van der Waals surface area contributed by atoms with Crippen LogP contribution < -0.4 is 10.6 Å². The lowest BCUT2D eigenvalue weighted by molar-refractivity contribution is -0.141. The minimum atomic E-state index is -1.03. The van der Waals surface area contributed by atoms with Crippen molar-refractivity contribution < 1.29 is 14.3 Å². The van der Waals surface area contributed by atoms with Gasteiger partial charge >= 0.3 is 0 Å². The van der Waals surface area contributed by atoms with Crippen molar-refractivity contribution in [1.82, 2.24) is 15.5 Å². The zero-order chi connectivity index (χ0) is 16.7. The molecule has 0 spiro atoms. The molecule has 132 valence electrons. The SMILES string of the molecule is CC(C)(C(=O)NCCN1CCOCC1)C(=O)NC1CCCCC1. The molecule has 0 aromatic rings. The van der Waals surface area contributed by atoms with Crippen LogP contribution in [0.4, 0.5) is 0 Å². The lowest BCUT2D eigenvalue weighted by atomic mass is 9.89. The smallest absolute Gasteiger partial charge is 0.235 e. The molecule has 1 saturated carbocycles. The highest BCUT2D eigenvalue weighted by Gasteiger charge is 2.37. The number of carbonyl (C=O) groups is 2. The predicted molar refractivity (Wildman–Crippen MR) is 89.1 cm³/mol. The van der Waals surface area contributed by atoms with Gasteiger partial charge < -0.3 is 15.4 Å². The van der Waals surface area contributed by atoms with Gasteiger partial charge in [-0.05, 0) is 26.7 Å². The number of rotatable bonds is 6. The van der Waals surface area contributed by atoms with Crippen molar-refractivity contribution in [2.75, 3.05) is 39.4 Å². The van der Waals surface area contributed by atoms with Crippen LogP contribution in [0.3, 0.4) is 0 Å². The second-order valence-electron chi connectivity index (χ2n) is 7.14. The van der Waals surface area contributed by atoms with Gasteiger partial charge in [0.15, 0.2) is 0 Å². The van der Waals surface area contributed by atoms with Crippen LogP contribution in [0.2, 0.25) is 0 Å². The summed E-state index contributed by atoms with van der Waals surface area (Å²) in [5, 5.41) is 5.96. The van der Waals surface area contributed by atoms with E-state index in [0.717, 1.165) is 58.5 Å². The maximum atomic E-state index is 12.4. The fourth-order valence-corrected chi connectivity index (χ4v) is 3.09. The van der Waals surface area contributed by atoms with E-state index in [1.165, 1.54) is 6.42 Å². The Morgan fingerprint density at radius 2 is 1.74 bits per heavy atom. The number of nitrogens with one attached hydrogen (secondary N) is 2. The van der Waals surface area contributed by atoms with E-state index in [1.807, 2.05) is 0 Å². The average Bonchev–Trinajstić information content (AvgIpc) is 2.56. The predicted octanol–water partition coefficient (Wildman–Crippen LogP) is 0.910. The first-order valence-corrected chi connectivity index (χ1v) is 8.89. The monoisotopic (exact) mass is 325 g/mol. The molecule has 2 fully saturated rings. The van der Waals surface area contributed by atoms with E-state index in [4.69, 9.17) is 4.74 Å². The summed E-state index contributed by atoms with van der Waals surface area (Å²) < 4.78 is 5.30. The van der Waals surface area contributed by atoms with Gasteiger partial charge in [0.1, 0.15) is 5.41 Å². The molecular weight excluding hydrogens is 294 g/mol. The van der Waals surface area contributed by atoms with Crippen LogP contribution in [0, 0.1) is 5.41 Å². The Bertz CT molecular complexity index is 400. The van der Waals surface area contributed by atoms with Crippen molar-refractivity contribution in [1.29, 1.82) is 0 Å². The summed E-state index contributed by atoms with van der Waals surface area (Å²) in [5.74, 6) is -0.354. The molecule has 2 aliphatic rings. The molecule has 1 aliphatic heterocycles. The molecule has 23 heavy (non-hydrogen) atoms. The standard InChI is InChI=1S/C17H31N3O3/c1-17(2,16(22)19-14-6-4-3-5-7-14)15(21)18-8-9-20-10-12-23-13-11-20/h14H,3-13H2,1-2H3,(H,18,21)(H,19,22). The zero-order valence-corrected chi connectivity index (χ0v) is 14.5.